The van der Waals surface area contributed by atoms with Crippen molar-refractivity contribution >= 4 is 18.0 Å². The molecule has 33 heavy (non-hydrogen) atoms. The molecule has 4 N–H and O–H groups in total. The first-order valence-corrected chi connectivity index (χ1v) is 10.7. The summed E-state index contributed by atoms with van der Waals surface area (Å²) in [6, 6.07) is 15.9. The molecule has 0 aromatic heterocycles. The summed E-state index contributed by atoms with van der Waals surface area (Å²) in [5, 5.41) is 23.9. The van der Waals surface area contributed by atoms with Crippen molar-refractivity contribution < 1.29 is 34.1 Å². The van der Waals surface area contributed by atoms with E-state index in [1.165, 1.54) is 0 Å². The molecule has 1 aliphatic carbocycles. The molecular formula is C24H26N2O7. The molecule has 2 aliphatic rings. The van der Waals surface area contributed by atoms with Gasteiger partial charge in [0.25, 0.3) is 0 Å². The van der Waals surface area contributed by atoms with Gasteiger partial charge in [-0.05, 0) is 29.2 Å². The Labute approximate surface area is 190 Å². The molecule has 2 atom stereocenters. The molecule has 2 aromatic rings. The molecule has 1 fully saturated rings. The number of fused-ring (bicyclic) bond motifs is 3. The smallest absolute Gasteiger partial charge is 0.408 e. The van der Waals surface area contributed by atoms with Gasteiger partial charge in [-0.3, -0.25) is 4.79 Å². The van der Waals surface area contributed by atoms with Crippen LogP contribution in [0.3, 0.4) is 0 Å². The Morgan fingerprint density at radius 1 is 1.12 bits per heavy atom. The molecule has 0 spiro atoms. The number of aliphatic carboxylic acids is 1. The molecule has 4 rings (SSSR count). The molecule has 9 heteroatoms. The largest absolute Gasteiger partial charge is 0.479 e. The van der Waals surface area contributed by atoms with E-state index in [9.17, 15) is 19.5 Å². The van der Waals surface area contributed by atoms with E-state index in [1.807, 2.05) is 48.5 Å². The van der Waals surface area contributed by atoms with Crippen LogP contribution in [0.5, 0.6) is 0 Å². The van der Waals surface area contributed by atoms with Crippen LogP contribution in [0.25, 0.3) is 11.1 Å². The number of hydrogen-bond donors (Lipinski definition) is 4. The number of hydrogen-bond acceptors (Lipinski definition) is 6. The quantitative estimate of drug-likeness (QED) is 0.500. The third kappa shape index (κ3) is 4.42. The van der Waals surface area contributed by atoms with Crippen molar-refractivity contribution in [3.8, 4) is 11.1 Å². The highest BCUT2D eigenvalue weighted by Crippen LogP contribution is 2.44. The lowest BCUT2D eigenvalue weighted by atomic mass is 9.97. The van der Waals surface area contributed by atoms with Crippen LogP contribution in [0, 0.1) is 0 Å². The molecule has 0 bridgehead atoms. The Bertz CT molecular complexity index is 1030. The van der Waals surface area contributed by atoms with E-state index in [0.717, 1.165) is 29.2 Å². The Kier molecular flexibility index (Phi) is 6.09. The summed E-state index contributed by atoms with van der Waals surface area (Å²) >= 11 is 0. The number of rotatable bonds is 7. The maximum absolute atomic E-state index is 12.8. The van der Waals surface area contributed by atoms with Gasteiger partial charge in [0, 0.05) is 18.9 Å². The number of ether oxygens (including phenoxy) is 2. The molecule has 0 saturated carbocycles. The summed E-state index contributed by atoms with van der Waals surface area (Å²) in [6.45, 7) is 0.804. The highest BCUT2D eigenvalue weighted by atomic mass is 16.6. The van der Waals surface area contributed by atoms with Gasteiger partial charge in [0.2, 0.25) is 5.91 Å². The Balaban J connectivity index is 1.42. The first kappa shape index (κ1) is 22.8. The van der Waals surface area contributed by atoms with Crippen LogP contribution in [-0.4, -0.2) is 65.7 Å². The van der Waals surface area contributed by atoms with Crippen molar-refractivity contribution in [1.82, 2.24) is 10.6 Å². The maximum atomic E-state index is 12.8. The van der Waals surface area contributed by atoms with Crippen LogP contribution < -0.4 is 10.6 Å². The average Bonchev–Trinajstić information content (AvgIpc) is 3.39. The summed E-state index contributed by atoms with van der Waals surface area (Å²) in [5.74, 6) is -2.24. The van der Waals surface area contributed by atoms with Gasteiger partial charge >= 0.3 is 12.1 Å². The Morgan fingerprint density at radius 2 is 1.73 bits per heavy atom. The zero-order valence-corrected chi connectivity index (χ0v) is 18.2. The van der Waals surface area contributed by atoms with Crippen molar-refractivity contribution in [2.24, 2.45) is 0 Å². The first-order valence-electron chi connectivity index (χ1n) is 10.7. The van der Waals surface area contributed by atoms with E-state index in [4.69, 9.17) is 14.6 Å². The zero-order chi connectivity index (χ0) is 23.6. The second kappa shape index (κ2) is 8.84. The highest BCUT2D eigenvalue weighted by Gasteiger charge is 2.45. The summed E-state index contributed by atoms with van der Waals surface area (Å²) in [4.78, 5) is 36.6. The molecule has 2 unspecified atom stereocenters. The Morgan fingerprint density at radius 3 is 2.27 bits per heavy atom. The third-order valence-electron chi connectivity index (χ3n) is 6.20. The maximum Gasteiger partial charge on any atom is 0.408 e. The van der Waals surface area contributed by atoms with E-state index in [-0.39, 0.29) is 32.2 Å². The van der Waals surface area contributed by atoms with Gasteiger partial charge in [0.1, 0.15) is 12.1 Å². The molecule has 0 radical (unpaired) electrons. The highest BCUT2D eigenvalue weighted by molar-refractivity contribution is 5.91. The number of nitrogens with one attached hydrogen (secondary N) is 2. The lowest BCUT2D eigenvalue weighted by molar-refractivity contribution is -0.156. The van der Waals surface area contributed by atoms with E-state index >= 15 is 0 Å². The average molecular weight is 454 g/mol. The van der Waals surface area contributed by atoms with Gasteiger partial charge < -0.3 is 30.3 Å². The number of carbonyl (C=O) groups excluding carboxylic acids is 2. The van der Waals surface area contributed by atoms with Gasteiger partial charge in [0.05, 0.1) is 13.2 Å². The van der Waals surface area contributed by atoms with E-state index in [2.05, 4.69) is 10.6 Å². The van der Waals surface area contributed by atoms with Crippen molar-refractivity contribution in [1.29, 1.82) is 0 Å². The van der Waals surface area contributed by atoms with E-state index in [1.54, 1.807) is 0 Å². The molecule has 174 valence electrons. The summed E-state index contributed by atoms with van der Waals surface area (Å²) in [5.41, 5.74) is 0.801. The standard InChI is InChI=1S/C24H26N2O7/c1-23(31,21(28)29)13-25-20(27)24(10-11-32-14-24)26-22(30)33-12-19-17-8-4-2-6-15(17)16-7-3-5-9-18(16)19/h2-9,19,31H,10-14H2,1H3,(H,25,27)(H,26,30)(H,28,29). The molecule has 1 saturated heterocycles. The zero-order valence-electron chi connectivity index (χ0n) is 18.2. The van der Waals surface area contributed by atoms with Gasteiger partial charge in [-0.15, -0.1) is 0 Å². The minimum Gasteiger partial charge on any atom is -0.479 e. The molecule has 9 nitrogen and oxygen atoms in total. The van der Waals surface area contributed by atoms with Gasteiger partial charge in [-0.25, -0.2) is 9.59 Å². The van der Waals surface area contributed by atoms with Crippen molar-refractivity contribution in [2.45, 2.75) is 30.4 Å². The van der Waals surface area contributed by atoms with E-state index in [0.29, 0.717) is 0 Å². The van der Waals surface area contributed by atoms with Gasteiger partial charge in [-0.1, -0.05) is 48.5 Å². The monoisotopic (exact) mass is 454 g/mol. The fourth-order valence-electron chi connectivity index (χ4n) is 4.23. The van der Waals surface area contributed by atoms with Crippen LogP contribution >= 0.6 is 0 Å². The number of benzene rings is 2. The summed E-state index contributed by atoms with van der Waals surface area (Å²) < 4.78 is 10.9. The number of carboxylic acid groups (broad SMARTS) is 1. The van der Waals surface area contributed by atoms with Crippen LogP contribution in [-0.2, 0) is 19.1 Å². The van der Waals surface area contributed by atoms with Crippen molar-refractivity contribution in [3.63, 3.8) is 0 Å². The predicted molar refractivity (Wildman–Crippen MR) is 118 cm³/mol. The molecule has 2 aromatic carbocycles. The Hall–Kier alpha value is -3.43. The van der Waals surface area contributed by atoms with Crippen LogP contribution in [0.15, 0.2) is 48.5 Å². The van der Waals surface area contributed by atoms with Crippen molar-refractivity contribution in [3.05, 3.63) is 59.7 Å². The van der Waals surface area contributed by atoms with Crippen LogP contribution in [0.2, 0.25) is 0 Å². The van der Waals surface area contributed by atoms with Gasteiger partial charge in [-0.2, -0.15) is 0 Å². The molecule has 2 amide bonds. The number of alkyl carbamates (subject to hydrolysis) is 1. The normalized spacial score (nSPS) is 20.9. The lowest BCUT2D eigenvalue weighted by Gasteiger charge is -2.29. The van der Waals surface area contributed by atoms with Crippen LogP contribution in [0.1, 0.15) is 30.4 Å². The number of carbonyl (C=O) groups is 3. The number of aliphatic hydroxyl groups is 1. The van der Waals surface area contributed by atoms with E-state index < -0.39 is 35.7 Å². The topological polar surface area (TPSA) is 134 Å². The minimum absolute atomic E-state index is 0.0851. The van der Waals surface area contributed by atoms with Crippen molar-refractivity contribution in [2.75, 3.05) is 26.4 Å². The first-order chi connectivity index (χ1) is 15.7. The van der Waals surface area contributed by atoms with Gasteiger partial charge in [0.15, 0.2) is 5.60 Å². The van der Waals surface area contributed by atoms with Crippen LogP contribution in [0.4, 0.5) is 4.79 Å². The number of amides is 2. The fourth-order valence-corrected chi connectivity index (χ4v) is 4.23. The fraction of sp³-hybridized carbons (Fsp3) is 0.375. The summed E-state index contributed by atoms with van der Waals surface area (Å²) in [6.07, 6.45) is -0.583. The number of carboxylic acids is 1. The third-order valence-corrected chi connectivity index (χ3v) is 6.20. The SMILES string of the molecule is CC(O)(CNC(=O)C1(NC(=O)OCC2c3ccccc3-c3ccccc32)CCOC1)C(=O)O. The minimum atomic E-state index is -2.14. The summed E-state index contributed by atoms with van der Waals surface area (Å²) in [7, 11) is 0. The lowest BCUT2D eigenvalue weighted by Crippen LogP contribution is -2.61. The second-order valence-corrected chi connectivity index (χ2v) is 8.60. The predicted octanol–water partition coefficient (Wildman–Crippen LogP) is 1.64. The molecule has 1 aliphatic heterocycles. The molecule has 1 heterocycles. The second-order valence-electron chi connectivity index (χ2n) is 8.60. The molecular weight excluding hydrogens is 428 g/mol.